The fraction of sp³-hybridized carbons (Fsp3) is 0.343. The van der Waals surface area contributed by atoms with E-state index >= 15 is 0 Å². The lowest BCUT2D eigenvalue weighted by molar-refractivity contribution is -0.264. The summed E-state index contributed by atoms with van der Waals surface area (Å²) in [4.78, 5) is 36.1. The van der Waals surface area contributed by atoms with Crippen molar-refractivity contribution in [2.24, 2.45) is 5.92 Å². The number of phenolic OH excluding ortho intramolecular Hbond substituents is 1. The van der Waals surface area contributed by atoms with Crippen LogP contribution < -0.4 is 10.2 Å². The molecule has 0 bridgehead atoms. The van der Waals surface area contributed by atoms with Gasteiger partial charge in [0.05, 0.1) is 18.1 Å². The van der Waals surface area contributed by atoms with Crippen molar-refractivity contribution in [2.45, 2.75) is 56.6 Å². The molecule has 2 heterocycles. The molecule has 1 saturated heterocycles. The molecule has 0 radical (unpaired) electrons. The highest BCUT2D eigenvalue weighted by atomic mass is 16.6. The lowest BCUT2D eigenvalue weighted by atomic mass is 9.93. The second kappa shape index (κ2) is 15.0. The van der Waals surface area contributed by atoms with Crippen LogP contribution in [0.3, 0.4) is 0 Å². The zero-order chi connectivity index (χ0) is 34.5. The van der Waals surface area contributed by atoms with Gasteiger partial charge in [-0.05, 0) is 29.5 Å². The van der Waals surface area contributed by atoms with Crippen LogP contribution in [-0.4, -0.2) is 92.6 Å². The largest absolute Gasteiger partial charge is 0.510 e. The molecular weight excluding hydrogens is 628 g/mol. The highest BCUT2D eigenvalue weighted by Crippen LogP contribution is 2.32. The van der Waals surface area contributed by atoms with Gasteiger partial charge in [0.25, 0.3) is 0 Å². The fourth-order valence-electron chi connectivity index (χ4n) is 5.63. The van der Waals surface area contributed by atoms with E-state index in [1.165, 1.54) is 43.4 Å². The van der Waals surface area contributed by atoms with E-state index in [0.717, 1.165) is 6.08 Å². The highest BCUT2D eigenvalue weighted by molar-refractivity contribution is 5.92. The molecule has 48 heavy (non-hydrogen) atoms. The summed E-state index contributed by atoms with van der Waals surface area (Å²) in [5, 5.41) is 61.7. The van der Waals surface area contributed by atoms with Crippen LogP contribution in [0.2, 0.25) is 0 Å². The Kier molecular flexibility index (Phi) is 10.8. The lowest BCUT2D eigenvalue weighted by Gasteiger charge is -2.39. The van der Waals surface area contributed by atoms with Crippen molar-refractivity contribution in [3.05, 3.63) is 99.5 Å². The topological polar surface area (TPSA) is 210 Å². The van der Waals surface area contributed by atoms with E-state index in [9.17, 15) is 39.9 Å². The number of aliphatic hydroxyl groups excluding tert-OH is 4. The van der Waals surface area contributed by atoms with Gasteiger partial charge < -0.3 is 49.6 Å². The number of carbonyl (C=O) groups excluding carboxylic acids is 1. The van der Waals surface area contributed by atoms with E-state index in [0.29, 0.717) is 22.1 Å². The third-order valence-corrected chi connectivity index (χ3v) is 8.33. The third-order valence-electron chi connectivity index (χ3n) is 8.33. The first kappa shape index (κ1) is 34.5. The van der Waals surface area contributed by atoms with Gasteiger partial charge in [0.2, 0.25) is 5.43 Å². The molecule has 5 rings (SSSR count). The maximum Gasteiger partial charge on any atom is 0.331 e. The Hall–Kier alpha value is -4.79. The number of aliphatic hydroxyl groups is 4. The third kappa shape index (κ3) is 7.84. The summed E-state index contributed by atoms with van der Waals surface area (Å²) in [5.74, 6) is -2.94. The van der Waals surface area contributed by atoms with Crippen molar-refractivity contribution in [2.75, 3.05) is 13.2 Å². The van der Waals surface area contributed by atoms with E-state index in [1.807, 2.05) is 0 Å². The van der Waals surface area contributed by atoms with Gasteiger partial charge in [-0.3, -0.25) is 4.79 Å². The van der Waals surface area contributed by atoms with Crippen LogP contribution in [0.15, 0.2) is 82.9 Å². The monoisotopic (exact) mass is 664 g/mol. The molecule has 6 N–H and O–H groups in total. The number of fused-ring (bicyclic) bond motifs is 2. The summed E-state index contributed by atoms with van der Waals surface area (Å²) in [7, 11) is 0. The van der Waals surface area contributed by atoms with E-state index in [4.69, 9.17) is 24.1 Å². The number of carbonyl (C=O) groups is 2. The van der Waals surface area contributed by atoms with Crippen LogP contribution >= 0.6 is 0 Å². The summed E-state index contributed by atoms with van der Waals surface area (Å²) in [6, 6.07) is 6.37. The summed E-state index contributed by atoms with van der Waals surface area (Å²) >= 11 is 0. The van der Waals surface area contributed by atoms with Gasteiger partial charge in [0, 0.05) is 35.6 Å². The summed E-state index contributed by atoms with van der Waals surface area (Å²) in [5.41, 5.74) is 0.740. The first-order valence-corrected chi connectivity index (χ1v) is 15.3. The molecule has 0 saturated carbocycles. The predicted octanol–water partition coefficient (Wildman–Crippen LogP) is 2.19. The zero-order valence-electron chi connectivity index (χ0n) is 25.8. The van der Waals surface area contributed by atoms with Gasteiger partial charge in [-0.25, -0.2) is 9.59 Å². The summed E-state index contributed by atoms with van der Waals surface area (Å²) in [6.07, 6.45) is 5.14. The van der Waals surface area contributed by atoms with Crippen LogP contribution in [0, 0.1) is 5.92 Å². The normalized spacial score (nSPS) is 27.3. The molecule has 0 aromatic heterocycles. The quantitative estimate of drug-likeness (QED) is 0.116. The van der Waals surface area contributed by atoms with Gasteiger partial charge in [-0.15, -0.1) is 0 Å². The molecule has 0 amide bonds. The van der Waals surface area contributed by atoms with E-state index in [2.05, 4.69) is 0 Å². The predicted molar refractivity (Wildman–Crippen MR) is 171 cm³/mol. The number of rotatable bonds is 11. The molecule has 0 spiro atoms. The van der Waals surface area contributed by atoms with Crippen LogP contribution in [0.1, 0.15) is 24.5 Å². The number of benzene rings is 1. The molecule has 7 unspecified atom stereocenters. The van der Waals surface area contributed by atoms with Gasteiger partial charge in [0.1, 0.15) is 42.5 Å². The van der Waals surface area contributed by atoms with Crippen molar-refractivity contribution in [1.82, 2.24) is 0 Å². The highest BCUT2D eigenvalue weighted by Gasteiger charge is 2.42. The van der Waals surface area contributed by atoms with Crippen LogP contribution in [-0.2, 0) is 30.2 Å². The van der Waals surface area contributed by atoms with Gasteiger partial charge in [0.15, 0.2) is 12.0 Å². The molecule has 13 heteroatoms. The maximum absolute atomic E-state index is 13.9. The minimum atomic E-state index is -1.41. The van der Waals surface area contributed by atoms with Crippen molar-refractivity contribution in [3.8, 4) is 11.5 Å². The molecule has 254 valence electrons. The van der Waals surface area contributed by atoms with Gasteiger partial charge in [-0.1, -0.05) is 55.5 Å². The van der Waals surface area contributed by atoms with E-state index in [1.54, 1.807) is 30.4 Å². The van der Waals surface area contributed by atoms with Gasteiger partial charge >= 0.3 is 11.9 Å². The molecule has 7 atom stereocenters. The molecule has 1 aliphatic carbocycles. The number of allylic oxidation sites excluding steroid dienone is 4. The van der Waals surface area contributed by atoms with Crippen LogP contribution in [0.25, 0.3) is 16.8 Å². The first-order valence-electron chi connectivity index (χ1n) is 15.3. The Labute approximate surface area is 274 Å². The Balaban J connectivity index is 1.42. The minimum Gasteiger partial charge on any atom is -0.510 e. The molecule has 3 aliphatic rings. The molecule has 13 nitrogen and oxygen atoms in total. The second-order valence-electron chi connectivity index (χ2n) is 11.7. The standard InChI is InChI=1S/C35H36O13/c1-18-31(40)34(43)27(48-35(18)44)17-46-26-13-19(10-11-45-25-16-24-22(14-23(25)36)15-29(39)47-24)12-21-9-8-20(32(41)30(21)33(26)42)6-4-2-3-5-7-28(37)38/h2-9,12-15,18,24-25,27,31,34-36,40-41,43-44H,10-11,16-17H2,1H3,(H,37,38)/b3-2+,6-4+,7-5+. The van der Waals surface area contributed by atoms with E-state index < -0.39 is 66.7 Å². The maximum atomic E-state index is 13.9. The van der Waals surface area contributed by atoms with Crippen molar-refractivity contribution < 1.29 is 59.2 Å². The molecule has 2 aromatic carbocycles. The number of carboxylic acids is 1. The summed E-state index contributed by atoms with van der Waals surface area (Å²) in [6.45, 7) is 1.18. The smallest absolute Gasteiger partial charge is 0.331 e. The number of aromatic hydroxyl groups is 1. The van der Waals surface area contributed by atoms with Crippen LogP contribution in [0.4, 0.5) is 0 Å². The number of ether oxygens (including phenoxy) is 4. The molecule has 2 aliphatic heterocycles. The Morgan fingerprint density at radius 3 is 2.56 bits per heavy atom. The Morgan fingerprint density at radius 2 is 1.79 bits per heavy atom. The number of phenols is 1. The summed E-state index contributed by atoms with van der Waals surface area (Å²) < 4.78 is 22.4. The van der Waals surface area contributed by atoms with Crippen molar-refractivity contribution in [3.63, 3.8) is 0 Å². The number of hydrogen-bond donors (Lipinski definition) is 6. The number of hydrogen-bond acceptors (Lipinski definition) is 12. The van der Waals surface area contributed by atoms with Crippen LogP contribution in [0.5, 0.6) is 11.5 Å². The van der Waals surface area contributed by atoms with Crippen molar-refractivity contribution >= 4 is 28.8 Å². The molecular formula is C35H36O13. The SMILES string of the molecule is CC1C(O)OC(COc2cc(CCOC3CC4OC(=O)C=C4C=C3O)cc3ccc(/C=C/C=C/C=C/C(=O)O)c(O)c3c2=O)C(O)C1O. The Morgan fingerprint density at radius 1 is 1.02 bits per heavy atom. The number of esters is 1. The fourth-order valence-corrected chi connectivity index (χ4v) is 5.63. The number of aliphatic carboxylic acids is 1. The van der Waals surface area contributed by atoms with Crippen molar-refractivity contribution in [1.29, 1.82) is 0 Å². The minimum absolute atomic E-state index is 0.0475. The second-order valence-corrected chi connectivity index (χ2v) is 11.7. The lowest BCUT2D eigenvalue weighted by Crippen LogP contribution is -2.55. The Bertz CT molecular complexity index is 1770. The molecule has 1 fully saturated rings. The zero-order valence-corrected chi connectivity index (χ0v) is 25.8. The van der Waals surface area contributed by atoms with E-state index in [-0.39, 0.29) is 42.1 Å². The average Bonchev–Trinajstić information content (AvgIpc) is 3.33. The van der Waals surface area contributed by atoms with Gasteiger partial charge in [-0.2, -0.15) is 0 Å². The average molecular weight is 665 g/mol. The molecule has 2 aromatic rings. The number of carboxylic acid groups (broad SMARTS) is 1. The first-order chi connectivity index (χ1) is 22.9.